The van der Waals surface area contributed by atoms with E-state index < -0.39 is 12.8 Å². The first-order chi connectivity index (χ1) is 11.9. The van der Waals surface area contributed by atoms with Crippen LogP contribution in [0.5, 0.6) is 11.5 Å². The highest BCUT2D eigenvalue weighted by Crippen LogP contribution is 2.30. The highest BCUT2D eigenvalue weighted by Gasteiger charge is 2.29. The molecule has 2 rings (SSSR count). The summed E-state index contributed by atoms with van der Waals surface area (Å²) in [4.78, 5) is 0. The van der Waals surface area contributed by atoms with Crippen LogP contribution in [0, 0.1) is 6.92 Å². The van der Waals surface area contributed by atoms with E-state index in [0.29, 0.717) is 18.9 Å². The lowest BCUT2D eigenvalue weighted by Gasteiger charge is -2.15. The Bertz CT molecular complexity index is 671. The van der Waals surface area contributed by atoms with Crippen molar-refractivity contribution in [1.82, 2.24) is 15.1 Å². The number of aromatic nitrogens is 2. The van der Waals surface area contributed by atoms with Crippen molar-refractivity contribution in [2.24, 2.45) is 0 Å². The number of hydrogen-bond donors (Lipinski definition) is 1. The lowest BCUT2D eigenvalue weighted by Crippen LogP contribution is -2.20. The monoisotopic (exact) mass is 357 g/mol. The van der Waals surface area contributed by atoms with Gasteiger partial charge in [0, 0.05) is 19.3 Å². The van der Waals surface area contributed by atoms with Gasteiger partial charge in [0.2, 0.25) is 0 Å². The van der Waals surface area contributed by atoms with Crippen molar-refractivity contribution in [1.29, 1.82) is 0 Å². The number of alkyl halides is 3. The smallest absolute Gasteiger partial charge is 0.422 e. The average Bonchev–Trinajstić information content (AvgIpc) is 2.95. The normalized spacial score (nSPS) is 11.6. The van der Waals surface area contributed by atoms with E-state index in [4.69, 9.17) is 9.47 Å². The second-order valence-electron chi connectivity index (χ2n) is 5.58. The molecule has 0 saturated carbocycles. The second-order valence-corrected chi connectivity index (χ2v) is 5.58. The second kappa shape index (κ2) is 8.75. The van der Waals surface area contributed by atoms with E-state index >= 15 is 0 Å². The fourth-order valence-electron chi connectivity index (χ4n) is 2.23. The summed E-state index contributed by atoms with van der Waals surface area (Å²) in [5, 5.41) is 7.47. The van der Waals surface area contributed by atoms with Gasteiger partial charge in [0.1, 0.15) is 0 Å². The van der Waals surface area contributed by atoms with Crippen LogP contribution in [-0.2, 0) is 13.1 Å². The molecule has 2 aromatic rings. The van der Waals surface area contributed by atoms with Crippen molar-refractivity contribution in [3.8, 4) is 11.5 Å². The van der Waals surface area contributed by atoms with Crippen LogP contribution in [0.2, 0.25) is 0 Å². The molecule has 0 aliphatic carbocycles. The largest absolute Gasteiger partial charge is 0.490 e. The quantitative estimate of drug-likeness (QED) is 0.700. The Kier molecular flexibility index (Phi) is 6.69. The van der Waals surface area contributed by atoms with Crippen molar-refractivity contribution >= 4 is 0 Å². The minimum absolute atomic E-state index is 0.0925. The van der Waals surface area contributed by atoms with Gasteiger partial charge in [-0.05, 0) is 37.1 Å². The maximum atomic E-state index is 12.3. The van der Waals surface area contributed by atoms with E-state index in [-0.39, 0.29) is 5.75 Å². The zero-order chi connectivity index (χ0) is 18.3. The number of halogens is 3. The van der Waals surface area contributed by atoms with E-state index in [2.05, 4.69) is 10.4 Å². The number of nitrogens with one attached hydrogen (secondary N) is 1. The van der Waals surface area contributed by atoms with E-state index in [0.717, 1.165) is 24.2 Å². The summed E-state index contributed by atoms with van der Waals surface area (Å²) >= 11 is 0. The van der Waals surface area contributed by atoms with Crippen molar-refractivity contribution in [3.05, 3.63) is 41.7 Å². The molecule has 0 unspecified atom stereocenters. The molecule has 1 heterocycles. The summed E-state index contributed by atoms with van der Waals surface area (Å²) in [6, 6.07) is 4.92. The Morgan fingerprint density at radius 1 is 1.20 bits per heavy atom. The third-order valence-corrected chi connectivity index (χ3v) is 3.31. The fourth-order valence-corrected chi connectivity index (χ4v) is 2.23. The molecule has 1 aromatic heterocycles. The van der Waals surface area contributed by atoms with Gasteiger partial charge < -0.3 is 14.8 Å². The summed E-state index contributed by atoms with van der Waals surface area (Å²) in [6.07, 6.45) is -0.621. The Balaban J connectivity index is 1.88. The van der Waals surface area contributed by atoms with Crippen molar-refractivity contribution in [2.75, 3.05) is 19.8 Å². The first kappa shape index (κ1) is 19.1. The molecule has 1 aromatic carbocycles. The highest BCUT2D eigenvalue weighted by atomic mass is 19.4. The Labute approximate surface area is 144 Å². The Morgan fingerprint density at radius 3 is 2.64 bits per heavy atom. The van der Waals surface area contributed by atoms with Crippen molar-refractivity contribution in [3.63, 3.8) is 0 Å². The summed E-state index contributed by atoms with van der Waals surface area (Å²) in [5.41, 5.74) is 2.01. The minimum Gasteiger partial charge on any atom is -0.490 e. The summed E-state index contributed by atoms with van der Waals surface area (Å²) in [6.45, 7) is 4.78. The van der Waals surface area contributed by atoms with Gasteiger partial charge in [-0.15, -0.1) is 0 Å². The van der Waals surface area contributed by atoms with E-state index in [1.165, 1.54) is 6.07 Å². The van der Waals surface area contributed by atoms with E-state index in [1.807, 2.05) is 17.8 Å². The first-order valence-electron chi connectivity index (χ1n) is 8.02. The zero-order valence-electron chi connectivity index (χ0n) is 14.3. The van der Waals surface area contributed by atoms with Crippen molar-refractivity contribution in [2.45, 2.75) is 33.1 Å². The van der Waals surface area contributed by atoms with E-state index in [1.54, 1.807) is 25.3 Å². The third-order valence-electron chi connectivity index (χ3n) is 3.31. The van der Waals surface area contributed by atoms with Crippen LogP contribution in [0.1, 0.15) is 18.1 Å². The van der Waals surface area contributed by atoms with Crippen LogP contribution in [0.15, 0.2) is 30.6 Å². The van der Waals surface area contributed by atoms with Crippen molar-refractivity contribution < 1.29 is 22.6 Å². The molecule has 138 valence electrons. The maximum Gasteiger partial charge on any atom is 0.422 e. The molecular formula is C17H22F3N3O2. The van der Waals surface area contributed by atoms with Gasteiger partial charge in [0.15, 0.2) is 18.1 Å². The number of aryl methyl sites for hydroxylation is 1. The number of hydrogen-bond acceptors (Lipinski definition) is 4. The third kappa shape index (κ3) is 6.66. The predicted octanol–water partition coefficient (Wildman–Crippen LogP) is 3.32. The fraction of sp³-hybridized carbons (Fsp3) is 0.471. The van der Waals surface area contributed by atoms with Gasteiger partial charge in [-0.3, -0.25) is 4.68 Å². The molecule has 0 fully saturated rings. The van der Waals surface area contributed by atoms with Crippen LogP contribution in [0.25, 0.3) is 0 Å². The molecule has 25 heavy (non-hydrogen) atoms. The van der Waals surface area contributed by atoms with Gasteiger partial charge in [-0.2, -0.15) is 18.3 Å². The molecule has 0 radical (unpaired) electrons. The number of benzene rings is 1. The van der Waals surface area contributed by atoms with Crippen LogP contribution in [0.3, 0.4) is 0 Å². The number of rotatable bonds is 9. The van der Waals surface area contributed by atoms with Gasteiger partial charge in [0.25, 0.3) is 0 Å². The molecular weight excluding hydrogens is 335 g/mol. The SMILES string of the molecule is CCOc1cc(CNCCn2cc(C)cn2)ccc1OCC(F)(F)F. The van der Waals surface area contributed by atoms with E-state index in [9.17, 15) is 13.2 Å². The summed E-state index contributed by atoms with van der Waals surface area (Å²) in [7, 11) is 0. The minimum atomic E-state index is -4.38. The molecule has 0 saturated heterocycles. The van der Waals surface area contributed by atoms with Crippen LogP contribution < -0.4 is 14.8 Å². The molecule has 8 heteroatoms. The molecule has 0 spiro atoms. The van der Waals surface area contributed by atoms with Gasteiger partial charge in [-0.1, -0.05) is 6.07 Å². The first-order valence-corrected chi connectivity index (χ1v) is 8.02. The maximum absolute atomic E-state index is 12.3. The average molecular weight is 357 g/mol. The standard InChI is InChI=1S/C17H22F3N3O2/c1-3-24-16-8-14(4-5-15(16)25-12-17(18,19)20)10-21-6-7-23-11-13(2)9-22-23/h4-5,8-9,11,21H,3,6-7,10,12H2,1-2H3. The van der Waals surface area contributed by atoms with Crippen LogP contribution in [0.4, 0.5) is 13.2 Å². The molecule has 1 N–H and O–H groups in total. The highest BCUT2D eigenvalue weighted by molar-refractivity contribution is 5.43. The Hall–Kier alpha value is -2.22. The number of ether oxygens (including phenoxy) is 2. The lowest BCUT2D eigenvalue weighted by atomic mass is 10.2. The Morgan fingerprint density at radius 2 is 2.00 bits per heavy atom. The topological polar surface area (TPSA) is 48.3 Å². The molecule has 0 bridgehead atoms. The van der Waals surface area contributed by atoms with Gasteiger partial charge in [-0.25, -0.2) is 0 Å². The number of nitrogens with zero attached hydrogens (tertiary/aromatic N) is 2. The molecule has 5 nitrogen and oxygen atoms in total. The molecule has 0 amide bonds. The predicted molar refractivity (Wildman–Crippen MR) is 87.8 cm³/mol. The van der Waals surface area contributed by atoms with Crippen LogP contribution >= 0.6 is 0 Å². The lowest BCUT2D eigenvalue weighted by molar-refractivity contribution is -0.153. The van der Waals surface area contributed by atoms with Gasteiger partial charge in [0.05, 0.1) is 19.3 Å². The van der Waals surface area contributed by atoms with Crippen LogP contribution in [-0.4, -0.2) is 35.7 Å². The summed E-state index contributed by atoms with van der Waals surface area (Å²) in [5.74, 6) is 0.406. The summed E-state index contributed by atoms with van der Waals surface area (Å²) < 4.78 is 49.0. The molecule has 0 aliphatic rings. The molecule has 0 atom stereocenters. The van der Waals surface area contributed by atoms with Gasteiger partial charge >= 0.3 is 6.18 Å². The zero-order valence-corrected chi connectivity index (χ0v) is 14.3. The molecule has 0 aliphatic heterocycles.